The third kappa shape index (κ3) is 4.72. The summed E-state index contributed by atoms with van der Waals surface area (Å²) < 4.78 is 5.95. The fourth-order valence-corrected chi connectivity index (χ4v) is 3.60. The zero-order chi connectivity index (χ0) is 21.8. The molecule has 1 N–H and O–H groups in total. The minimum absolute atomic E-state index is 0.134. The molecule has 3 aromatic rings. The quantitative estimate of drug-likeness (QED) is 0.688. The van der Waals surface area contributed by atoms with Gasteiger partial charge in [-0.05, 0) is 30.2 Å². The number of pyridine rings is 2. The molecule has 0 spiro atoms. The van der Waals surface area contributed by atoms with Gasteiger partial charge in [0.1, 0.15) is 11.8 Å². The van der Waals surface area contributed by atoms with Crippen LogP contribution >= 0.6 is 0 Å². The van der Waals surface area contributed by atoms with Gasteiger partial charge in [0.2, 0.25) is 0 Å². The van der Waals surface area contributed by atoms with Crippen LogP contribution in [0.4, 0.5) is 0 Å². The fourth-order valence-electron chi connectivity index (χ4n) is 3.60. The molecular weight excluding hydrogens is 392 g/mol. The summed E-state index contributed by atoms with van der Waals surface area (Å²) in [7, 11) is 0. The largest absolute Gasteiger partial charge is 0.368 e. The highest BCUT2D eigenvalue weighted by Crippen LogP contribution is 2.26. The number of para-hydroxylation sites is 1. The predicted octanol–water partition coefficient (Wildman–Crippen LogP) is 3.23. The van der Waals surface area contributed by atoms with Crippen LogP contribution in [-0.4, -0.2) is 52.9 Å². The molecule has 31 heavy (non-hydrogen) atoms. The number of morpholine rings is 1. The van der Waals surface area contributed by atoms with E-state index in [-0.39, 0.29) is 11.8 Å². The number of ether oxygens (including phenoxy) is 1. The fraction of sp³-hybridized carbons (Fsp3) is 0.333. The lowest BCUT2D eigenvalue weighted by Crippen LogP contribution is -2.42. The first-order valence-corrected chi connectivity index (χ1v) is 10.5. The maximum absolute atomic E-state index is 12.9. The van der Waals surface area contributed by atoms with Crippen molar-refractivity contribution < 1.29 is 14.3 Å². The number of rotatable bonds is 5. The van der Waals surface area contributed by atoms with Crippen molar-refractivity contribution in [2.45, 2.75) is 20.0 Å². The van der Waals surface area contributed by atoms with Gasteiger partial charge in [0.05, 0.1) is 29.9 Å². The Balaban J connectivity index is 1.62. The molecule has 0 radical (unpaired) electrons. The van der Waals surface area contributed by atoms with Gasteiger partial charge in [-0.1, -0.05) is 38.1 Å². The minimum Gasteiger partial charge on any atom is -0.368 e. The molecule has 2 amide bonds. The molecule has 7 nitrogen and oxygen atoms in total. The molecule has 1 aliphatic rings. The number of fused-ring (bicyclic) bond motifs is 1. The van der Waals surface area contributed by atoms with E-state index < -0.39 is 6.10 Å². The molecule has 1 aromatic carbocycles. The van der Waals surface area contributed by atoms with Crippen molar-refractivity contribution in [3.8, 4) is 0 Å². The Kier molecular flexibility index (Phi) is 6.23. The lowest BCUT2D eigenvalue weighted by molar-refractivity contribution is -0.0248. The number of hydrogen-bond donors (Lipinski definition) is 1. The second kappa shape index (κ2) is 9.22. The maximum Gasteiger partial charge on any atom is 0.272 e. The average Bonchev–Trinajstić information content (AvgIpc) is 2.82. The Hall–Kier alpha value is -3.32. The number of benzene rings is 1. The first-order chi connectivity index (χ1) is 15.0. The van der Waals surface area contributed by atoms with E-state index >= 15 is 0 Å². The summed E-state index contributed by atoms with van der Waals surface area (Å²) in [5.41, 5.74) is 2.35. The van der Waals surface area contributed by atoms with E-state index in [1.54, 1.807) is 35.4 Å². The van der Waals surface area contributed by atoms with Crippen LogP contribution in [-0.2, 0) is 4.74 Å². The Morgan fingerprint density at radius 2 is 2.00 bits per heavy atom. The zero-order valence-electron chi connectivity index (χ0n) is 17.7. The van der Waals surface area contributed by atoms with Crippen molar-refractivity contribution in [1.29, 1.82) is 0 Å². The van der Waals surface area contributed by atoms with Crippen LogP contribution in [0.2, 0.25) is 0 Å². The van der Waals surface area contributed by atoms with Crippen LogP contribution in [0.15, 0.2) is 54.7 Å². The van der Waals surface area contributed by atoms with Crippen LogP contribution < -0.4 is 5.32 Å². The first-order valence-electron chi connectivity index (χ1n) is 10.5. The molecule has 160 valence electrons. The third-order valence-corrected chi connectivity index (χ3v) is 5.22. The smallest absolute Gasteiger partial charge is 0.272 e. The van der Waals surface area contributed by atoms with Gasteiger partial charge < -0.3 is 15.0 Å². The van der Waals surface area contributed by atoms with E-state index in [0.717, 1.165) is 10.9 Å². The minimum atomic E-state index is -0.414. The number of nitrogens with one attached hydrogen (secondary N) is 1. The van der Waals surface area contributed by atoms with Crippen molar-refractivity contribution in [3.05, 3.63) is 71.7 Å². The number of hydrogen-bond acceptors (Lipinski definition) is 5. The van der Waals surface area contributed by atoms with E-state index in [1.807, 2.05) is 24.3 Å². The van der Waals surface area contributed by atoms with Gasteiger partial charge in [0.25, 0.3) is 11.8 Å². The third-order valence-electron chi connectivity index (χ3n) is 5.22. The van der Waals surface area contributed by atoms with E-state index in [0.29, 0.717) is 49.1 Å². The Labute approximate surface area is 181 Å². The van der Waals surface area contributed by atoms with Crippen molar-refractivity contribution in [2.75, 3.05) is 26.2 Å². The van der Waals surface area contributed by atoms with Gasteiger partial charge in [0.15, 0.2) is 0 Å². The number of nitrogens with zero attached hydrogens (tertiary/aromatic N) is 3. The molecule has 1 saturated heterocycles. The topological polar surface area (TPSA) is 84.4 Å². The van der Waals surface area contributed by atoms with Crippen molar-refractivity contribution in [3.63, 3.8) is 0 Å². The Bertz CT molecular complexity index is 1080. The first kappa shape index (κ1) is 20.9. The van der Waals surface area contributed by atoms with Gasteiger partial charge in [-0.15, -0.1) is 0 Å². The summed E-state index contributed by atoms with van der Waals surface area (Å²) in [6.07, 6.45) is 1.20. The molecule has 1 aliphatic heterocycles. The summed E-state index contributed by atoms with van der Waals surface area (Å²) in [5.74, 6) is 0.0831. The Morgan fingerprint density at radius 3 is 2.77 bits per heavy atom. The van der Waals surface area contributed by atoms with E-state index in [2.05, 4.69) is 24.1 Å². The molecular formula is C24H26N4O3. The van der Waals surface area contributed by atoms with Crippen LogP contribution in [0.25, 0.3) is 10.9 Å². The number of aromatic nitrogens is 2. The molecule has 1 atom stereocenters. The number of amides is 2. The lowest BCUT2D eigenvalue weighted by atomic mass is 10.0. The van der Waals surface area contributed by atoms with E-state index in [1.165, 1.54) is 0 Å². The monoisotopic (exact) mass is 418 g/mol. The molecule has 3 heterocycles. The van der Waals surface area contributed by atoms with Crippen molar-refractivity contribution >= 4 is 22.7 Å². The highest BCUT2D eigenvalue weighted by atomic mass is 16.5. The van der Waals surface area contributed by atoms with Crippen LogP contribution in [0.3, 0.4) is 0 Å². The average molecular weight is 418 g/mol. The highest BCUT2D eigenvalue weighted by molar-refractivity contribution is 6.06. The normalized spacial score (nSPS) is 16.5. The van der Waals surface area contributed by atoms with Crippen molar-refractivity contribution in [1.82, 2.24) is 20.2 Å². The predicted molar refractivity (Wildman–Crippen MR) is 118 cm³/mol. The van der Waals surface area contributed by atoms with Crippen LogP contribution in [0.5, 0.6) is 0 Å². The van der Waals surface area contributed by atoms with Crippen LogP contribution in [0.1, 0.15) is 46.5 Å². The molecule has 0 unspecified atom stereocenters. The molecule has 2 aromatic heterocycles. The van der Waals surface area contributed by atoms with E-state index in [9.17, 15) is 9.59 Å². The van der Waals surface area contributed by atoms with E-state index in [4.69, 9.17) is 9.72 Å². The van der Waals surface area contributed by atoms with Gasteiger partial charge in [-0.2, -0.15) is 0 Å². The second-order valence-corrected chi connectivity index (χ2v) is 8.04. The van der Waals surface area contributed by atoms with Gasteiger partial charge >= 0.3 is 0 Å². The van der Waals surface area contributed by atoms with Gasteiger partial charge in [-0.25, -0.2) is 4.98 Å². The standard InChI is InChI=1S/C24H26N4O3/c1-16(2)14-26-23(29)18-13-21(27-19-8-4-3-7-17(18)19)22-15-28(11-12-31-22)24(30)20-9-5-6-10-25-20/h3-10,13,16,22H,11-12,14-15H2,1-2H3,(H,26,29)/t22-/m1/s1. The van der Waals surface area contributed by atoms with Gasteiger partial charge in [0, 0.05) is 24.7 Å². The molecule has 0 bridgehead atoms. The summed E-state index contributed by atoms with van der Waals surface area (Å²) in [4.78, 5) is 36.4. The van der Waals surface area contributed by atoms with Crippen LogP contribution in [0, 0.1) is 5.92 Å². The highest BCUT2D eigenvalue weighted by Gasteiger charge is 2.28. The maximum atomic E-state index is 12.9. The lowest BCUT2D eigenvalue weighted by Gasteiger charge is -2.32. The zero-order valence-corrected chi connectivity index (χ0v) is 17.7. The number of carbonyl (C=O) groups is 2. The molecule has 0 aliphatic carbocycles. The summed E-state index contributed by atoms with van der Waals surface area (Å²) in [6, 6.07) is 14.7. The molecule has 4 rings (SSSR count). The van der Waals surface area contributed by atoms with Crippen molar-refractivity contribution in [2.24, 2.45) is 5.92 Å². The molecule has 7 heteroatoms. The number of carbonyl (C=O) groups excluding carboxylic acids is 2. The summed E-state index contributed by atoms with van der Waals surface area (Å²) >= 11 is 0. The Morgan fingerprint density at radius 1 is 1.19 bits per heavy atom. The molecule has 1 fully saturated rings. The second-order valence-electron chi connectivity index (χ2n) is 8.04. The van der Waals surface area contributed by atoms with Gasteiger partial charge in [-0.3, -0.25) is 14.6 Å². The summed E-state index contributed by atoms with van der Waals surface area (Å²) in [5, 5.41) is 3.78. The SMILES string of the molecule is CC(C)CNC(=O)c1cc([C@H]2CN(C(=O)c3ccccn3)CCO2)nc2ccccc12. The summed E-state index contributed by atoms with van der Waals surface area (Å²) in [6.45, 7) is 5.94. The molecule has 0 saturated carbocycles.